The highest BCUT2D eigenvalue weighted by Gasteiger charge is 2.43. The van der Waals surface area contributed by atoms with Gasteiger partial charge >= 0.3 is 0 Å². The summed E-state index contributed by atoms with van der Waals surface area (Å²) in [5.74, 6) is 0.0824. The summed E-state index contributed by atoms with van der Waals surface area (Å²) >= 11 is 0. The van der Waals surface area contributed by atoms with E-state index in [4.69, 9.17) is 4.74 Å². The van der Waals surface area contributed by atoms with E-state index < -0.39 is 5.41 Å². The van der Waals surface area contributed by atoms with Crippen LogP contribution in [-0.4, -0.2) is 67.5 Å². The van der Waals surface area contributed by atoms with Crippen molar-refractivity contribution in [3.8, 4) is 0 Å². The molecule has 2 heterocycles. The molecule has 0 N–H and O–H groups in total. The van der Waals surface area contributed by atoms with Gasteiger partial charge in [0.05, 0.1) is 5.41 Å². The van der Waals surface area contributed by atoms with Crippen LogP contribution in [0.15, 0.2) is 24.5 Å². The zero-order valence-electron chi connectivity index (χ0n) is 15.5. The Labute approximate surface area is 150 Å². The van der Waals surface area contributed by atoms with Gasteiger partial charge in [-0.25, -0.2) is 0 Å². The van der Waals surface area contributed by atoms with Gasteiger partial charge in [-0.05, 0) is 43.7 Å². The smallest absolute Gasteiger partial charge is 0.248 e. The summed E-state index contributed by atoms with van der Waals surface area (Å²) in [5, 5.41) is 0. The highest BCUT2D eigenvalue weighted by atomic mass is 16.5. The van der Waals surface area contributed by atoms with Crippen molar-refractivity contribution in [2.75, 3.05) is 40.9 Å². The van der Waals surface area contributed by atoms with Crippen LogP contribution in [0.2, 0.25) is 0 Å². The minimum Gasteiger partial charge on any atom is -0.375 e. The number of carbonyl (C=O) groups is 2. The maximum absolute atomic E-state index is 12.9. The highest BCUT2D eigenvalue weighted by molar-refractivity contribution is 5.84. The van der Waals surface area contributed by atoms with Gasteiger partial charge in [0.15, 0.2) is 0 Å². The monoisotopic (exact) mass is 347 g/mol. The Hall–Kier alpha value is -1.95. The number of carbonyl (C=O) groups excluding carboxylic acids is 2. The Kier molecular flexibility index (Phi) is 6.93. The number of aryl methyl sites for hydroxylation is 1. The molecule has 1 aromatic heterocycles. The van der Waals surface area contributed by atoms with Crippen molar-refractivity contribution in [2.45, 2.75) is 32.1 Å². The predicted octanol–water partition coefficient (Wildman–Crippen LogP) is 1.75. The fourth-order valence-electron chi connectivity index (χ4n) is 3.70. The van der Waals surface area contributed by atoms with E-state index in [1.807, 2.05) is 12.3 Å². The SMILES string of the molecule is COCC(=O)N1CCC[C@](CCCc2cccnc2)(C(=O)N(C)C)C1. The van der Waals surface area contributed by atoms with Gasteiger partial charge < -0.3 is 14.5 Å². The Morgan fingerprint density at radius 3 is 2.84 bits per heavy atom. The number of amides is 2. The lowest BCUT2D eigenvalue weighted by atomic mass is 9.74. The van der Waals surface area contributed by atoms with Crippen LogP contribution in [0, 0.1) is 5.41 Å². The number of ether oxygens (including phenoxy) is 1. The second kappa shape index (κ2) is 8.94. The van der Waals surface area contributed by atoms with E-state index >= 15 is 0 Å². The molecule has 25 heavy (non-hydrogen) atoms. The molecule has 2 rings (SSSR count). The molecule has 1 aliphatic heterocycles. The third-order valence-electron chi connectivity index (χ3n) is 4.90. The first-order valence-corrected chi connectivity index (χ1v) is 8.86. The van der Waals surface area contributed by atoms with Crippen LogP contribution in [0.5, 0.6) is 0 Å². The lowest BCUT2D eigenvalue weighted by molar-refractivity contribution is -0.149. The first-order valence-electron chi connectivity index (χ1n) is 8.86. The number of aromatic nitrogens is 1. The summed E-state index contributed by atoms with van der Waals surface area (Å²) in [6.07, 6.45) is 7.88. The standard InChI is InChI=1S/C19H29N3O3/c1-21(2)18(24)19(9-4-7-16-8-5-11-20-13-16)10-6-12-22(15-19)17(23)14-25-3/h5,8,11,13H,4,6-7,9-10,12,14-15H2,1-3H3/t19-/m0/s1. The number of rotatable bonds is 7. The van der Waals surface area contributed by atoms with E-state index in [9.17, 15) is 9.59 Å². The van der Waals surface area contributed by atoms with Crippen molar-refractivity contribution in [3.63, 3.8) is 0 Å². The predicted molar refractivity (Wildman–Crippen MR) is 96.0 cm³/mol. The molecule has 1 aliphatic rings. The molecule has 0 spiro atoms. The van der Waals surface area contributed by atoms with E-state index in [2.05, 4.69) is 11.1 Å². The minimum atomic E-state index is -0.493. The van der Waals surface area contributed by atoms with Crippen molar-refractivity contribution in [2.24, 2.45) is 5.41 Å². The Bertz CT molecular complexity index is 577. The maximum atomic E-state index is 12.9. The topological polar surface area (TPSA) is 62.7 Å². The molecule has 6 heteroatoms. The lowest BCUT2D eigenvalue weighted by Crippen LogP contribution is -2.53. The number of hydrogen-bond donors (Lipinski definition) is 0. The number of likely N-dealkylation sites (tertiary alicyclic amines) is 1. The molecular weight excluding hydrogens is 318 g/mol. The molecule has 138 valence electrons. The molecule has 1 saturated heterocycles. The van der Waals surface area contributed by atoms with Crippen LogP contribution in [0.1, 0.15) is 31.2 Å². The largest absolute Gasteiger partial charge is 0.375 e. The Morgan fingerprint density at radius 2 is 2.20 bits per heavy atom. The molecule has 0 bridgehead atoms. The maximum Gasteiger partial charge on any atom is 0.248 e. The quantitative estimate of drug-likeness (QED) is 0.754. The van der Waals surface area contributed by atoms with E-state index in [0.29, 0.717) is 13.1 Å². The van der Waals surface area contributed by atoms with Crippen LogP contribution in [0.4, 0.5) is 0 Å². The number of pyridine rings is 1. The summed E-state index contributed by atoms with van der Waals surface area (Å²) in [6, 6.07) is 3.99. The van der Waals surface area contributed by atoms with E-state index in [1.54, 1.807) is 30.1 Å². The Morgan fingerprint density at radius 1 is 1.40 bits per heavy atom. The van der Waals surface area contributed by atoms with Gasteiger partial charge in [0, 0.05) is 46.7 Å². The van der Waals surface area contributed by atoms with Crippen molar-refractivity contribution in [3.05, 3.63) is 30.1 Å². The zero-order chi connectivity index (χ0) is 18.3. The molecule has 2 amide bonds. The van der Waals surface area contributed by atoms with Crippen molar-refractivity contribution in [1.82, 2.24) is 14.8 Å². The first kappa shape index (κ1) is 19.4. The summed E-state index contributed by atoms with van der Waals surface area (Å²) in [6.45, 7) is 1.26. The molecule has 1 aromatic rings. The minimum absolute atomic E-state index is 0.0367. The van der Waals surface area contributed by atoms with Gasteiger partial charge in [-0.1, -0.05) is 6.07 Å². The number of hydrogen-bond acceptors (Lipinski definition) is 4. The second-order valence-corrected chi connectivity index (χ2v) is 7.05. The summed E-state index contributed by atoms with van der Waals surface area (Å²) in [4.78, 5) is 32.8. The summed E-state index contributed by atoms with van der Waals surface area (Å²) in [7, 11) is 5.11. The molecule has 1 fully saturated rings. The summed E-state index contributed by atoms with van der Waals surface area (Å²) < 4.78 is 4.98. The average Bonchev–Trinajstić information content (AvgIpc) is 2.62. The lowest BCUT2D eigenvalue weighted by Gasteiger charge is -2.43. The van der Waals surface area contributed by atoms with E-state index in [1.165, 1.54) is 12.7 Å². The van der Waals surface area contributed by atoms with Crippen molar-refractivity contribution < 1.29 is 14.3 Å². The first-order chi connectivity index (χ1) is 12.0. The third-order valence-corrected chi connectivity index (χ3v) is 4.90. The molecule has 6 nitrogen and oxygen atoms in total. The zero-order valence-corrected chi connectivity index (χ0v) is 15.5. The summed E-state index contributed by atoms with van der Waals surface area (Å²) in [5.41, 5.74) is 0.686. The van der Waals surface area contributed by atoms with Gasteiger partial charge in [-0.15, -0.1) is 0 Å². The molecule has 0 aromatic carbocycles. The molecule has 0 saturated carbocycles. The second-order valence-electron chi connectivity index (χ2n) is 7.05. The molecule has 0 unspecified atom stereocenters. The fraction of sp³-hybridized carbons (Fsp3) is 0.632. The van der Waals surface area contributed by atoms with Crippen molar-refractivity contribution in [1.29, 1.82) is 0 Å². The third kappa shape index (κ3) is 5.01. The molecular formula is C19H29N3O3. The van der Waals surface area contributed by atoms with Crippen LogP contribution in [0.25, 0.3) is 0 Å². The number of piperidine rings is 1. The van der Waals surface area contributed by atoms with Gasteiger partial charge in [0.25, 0.3) is 0 Å². The van der Waals surface area contributed by atoms with Gasteiger partial charge in [0.1, 0.15) is 6.61 Å². The van der Waals surface area contributed by atoms with Gasteiger partial charge in [0.2, 0.25) is 11.8 Å². The molecule has 0 radical (unpaired) electrons. The van der Waals surface area contributed by atoms with Crippen LogP contribution in [0.3, 0.4) is 0 Å². The molecule has 0 aliphatic carbocycles. The number of methoxy groups -OCH3 is 1. The van der Waals surface area contributed by atoms with Gasteiger partial charge in [-0.3, -0.25) is 14.6 Å². The van der Waals surface area contributed by atoms with Crippen molar-refractivity contribution >= 4 is 11.8 Å². The Balaban J connectivity index is 2.08. The normalized spacial score (nSPS) is 20.4. The van der Waals surface area contributed by atoms with Crippen LogP contribution >= 0.6 is 0 Å². The van der Waals surface area contributed by atoms with E-state index in [-0.39, 0.29) is 18.4 Å². The van der Waals surface area contributed by atoms with Crippen LogP contribution in [-0.2, 0) is 20.7 Å². The van der Waals surface area contributed by atoms with Gasteiger partial charge in [-0.2, -0.15) is 0 Å². The molecule has 1 atom stereocenters. The fourth-order valence-corrected chi connectivity index (χ4v) is 3.70. The number of nitrogens with zero attached hydrogens (tertiary/aromatic N) is 3. The van der Waals surface area contributed by atoms with E-state index in [0.717, 1.165) is 32.1 Å². The highest BCUT2D eigenvalue weighted by Crippen LogP contribution is 2.37. The average molecular weight is 347 g/mol. The van der Waals surface area contributed by atoms with Crippen LogP contribution < -0.4 is 0 Å².